The minimum Gasteiger partial charge on any atom is -0.488 e. The Hall–Kier alpha value is -2.41. The largest absolute Gasteiger partial charge is 0.488 e. The molecule has 0 N–H and O–H groups in total. The van der Waals surface area contributed by atoms with Crippen LogP contribution in [0.4, 0.5) is 0 Å². The van der Waals surface area contributed by atoms with Gasteiger partial charge in [0.05, 0.1) is 6.54 Å². The zero-order valence-corrected chi connectivity index (χ0v) is 16.8. The van der Waals surface area contributed by atoms with Crippen molar-refractivity contribution in [2.45, 2.75) is 19.2 Å². The Labute approximate surface area is 169 Å². The van der Waals surface area contributed by atoms with Crippen LogP contribution in [-0.2, 0) is 13.1 Å². The summed E-state index contributed by atoms with van der Waals surface area (Å²) in [6.07, 6.45) is 0.146. The molecule has 0 unspecified atom stereocenters. The van der Waals surface area contributed by atoms with Gasteiger partial charge in [-0.25, -0.2) is 0 Å². The van der Waals surface area contributed by atoms with E-state index in [4.69, 9.17) is 20.8 Å². The van der Waals surface area contributed by atoms with Crippen molar-refractivity contribution in [3.05, 3.63) is 65.0 Å². The molecule has 0 saturated carbocycles. The van der Waals surface area contributed by atoms with Gasteiger partial charge in [-0.3, -0.25) is 4.90 Å². The minimum atomic E-state index is 0.146. The molecule has 0 bridgehead atoms. The van der Waals surface area contributed by atoms with E-state index < -0.39 is 0 Å². The van der Waals surface area contributed by atoms with Crippen molar-refractivity contribution < 1.29 is 9.15 Å². The van der Waals surface area contributed by atoms with E-state index in [2.05, 4.69) is 20.0 Å². The standard InChI is InChI=1S/C21H23ClN4O2/c1-25(2)11-16-8-9-17(10-19(16)22)27-18-12-26(13-18)14-20-23-24-21(28-20)15-6-4-3-5-7-15/h3-10,18H,11-14H2,1-2H3. The third-order valence-corrected chi connectivity index (χ3v) is 4.94. The first-order chi connectivity index (χ1) is 13.6. The fourth-order valence-electron chi connectivity index (χ4n) is 3.20. The lowest BCUT2D eigenvalue weighted by molar-refractivity contribution is 0.00974. The zero-order valence-electron chi connectivity index (χ0n) is 16.0. The molecule has 4 rings (SSSR count). The van der Waals surface area contributed by atoms with Crippen LogP contribution in [-0.4, -0.2) is 53.3 Å². The van der Waals surface area contributed by atoms with Gasteiger partial charge in [0.15, 0.2) is 0 Å². The summed E-state index contributed by atoms with van der Waals surface area (Å²) in [6.45, 7) is 3.08. The molecular weight excluding hydrogens is 376 g/mol. The second-order valence-electron chi connectivity index (χ2n) is 7.29. The molecule has 0 radical (unpaired) electrons. The van der Waals surface area contributed by atoms with Crippen molar-refractivity contribution in [1.82, 2.24) is 20.0 Å². The normalized spacial score (nSPS) is 15.0. The Morgan fingerprint density at radius 1 is 1.14 bits per heavy atom. The summed E-state index contributed by atoms with van der Waals surface area (Å²) in [4.78, 5) is 4.31. The maximum atomic E-state index is 6.36. The van der Waals surface area contributed by atoms with Crippen LogP contribution in [0.25, 0.3) is 11.5 Å². The van der Waals surface area contributed by atoms with Gasteiger partial charge in [0.2, 0.25) is 11.8 Å². The Bertz CT molecular complexity index is 923. The molecule has 2 aromatic carbocycles. The van der Waals surface area contributed by atoms with Gasteiger partial charge < -0.3 is 14.1 Å². The van der Waals surface area contributed by atoms with Crippen LogP contribution in [0, 0.1) is 0 Å². The molecule has 146 valence electrons. The summed E-state index contributed by atoms with van der Waals surface area (Å²) < 4.78 is 11.8. The van der Waals surface area contributed by atoms with Gasteiger partial charge in [0.25, 0.3) is 0 Å². The lowest BCUT2D eigenvalue weighted by atomic mass is 10.1. The number of likely N-dealkylation sites (tertiary alicyclic amines) is 1. The van der Waals surface area contributed by atoms with E-state index in [1.807, 2.05) is 62.6 Å². The molecule has 0 spiro atoms. The molecular formula is C21H23ClN4O2. The van der Waals surface area contributed by atoms with Crippen LogP contribution < -0.4 is 4.74 Å². The van der Waals surface area contributed by atoms with Gasteiger partial charge in [0.1, 0.15) is 11.9 Å². The predicted octanol–water partition coefficient (Wildman–Crippen LogP) is 3.71. The van der Waals surface area contributed by atoms with Crippen LogP contribution in [0.3, 0.4) is 0 Å². The van der Waals surface area contributed by atoms with Gasteiger partial charge in [-0.2, -0.15) is 0 Å². The summed E-state index contributed by atoms with van der Waals surface area (Å²) in [5.41, 5.74) is 2.03. The molecule has 1 fully saturated rings. The van der Waals surface area contributed by atoms with Crippen LogP contribution in [0.1, 0.15) is 11.5 Å². The third kappa shape index (κ3) is 4.52. The van der Waals surface area contributed by atoms with Gasteiger partial charge >= 0.3 is 0 Å². The fourth-order valence-corrected chi connectivity index (χ4v) is 3.43. The van der Waals surface area contributed by atoms with Gasteiger partial charge in [-0.15, -0.1) is 10.2 Å². The summed E-state index contributed by atoms with van der Waals surface area (Å²) in [6, 6.07) is 15.7. The van der Waals surface area contributed by atoms with Crippen molar-refractivity contribution in [2.24, 2.45) is 0 Å². The quantitative estimate of drug-likeness (QED) is 0.604. The molecule has 1 saturated heterocycles. The molecule has 2 heterocycles. The average molecular weight is 399 g/mol. The van der Waals surface area contributed by atoms with Gasteiger partial charge in [-0.1, -0.05) is 35.9 Å². The number of rotatable bonds is 7. The van der Waals surface area contributed by atoms with Crippen LogP contribution >= 0.6 is 11.6 Å². The van der Waals surface area contributed by atoms with Crippen LogP contribution in [0.2, 0.25) is 5.02 Å². The Balaban J connectivity index is 1.27. The number of hydrogen-bond donors (Lipinski definition) is 0. The van der Waals surface area contributed by atoms with E-state index in [9.17, 15) is 0 Å². The lowest BCUT2D eigenvalue weighted by Crippen LogP contribution is -2.53. The molecule has 6 nitrogen and oxygen atoms in total. The molecule has 1 aliphatic heterocycles. The molecule has 0 aliphatic carbocycles. The first-order valence-electron chi connectivity index (χ1n) is 9.27. The molecule has 0 amide bonds. The first-order valence-corrected chi connectivity index (χ1v) is 9.64. The number of benzene rings is 2. The third-order valence-electron chi connectivity index (χ3n) is 4.58. The number of nitrogens with zero attached hydrogens (tertiary/aromatic N) is 4. The predicted molar refractivity (Wildman–Crippen MR) is 108 cm³/mol. The zero-order chi connectivity index (χ0) is 19.5. The topological polar surface area (TPSA) is 54.6 Å². The second-order valence-corrected chi connectivity index (χ2v) is 7.70. The number of ether oxygens (including phenoxy) is 1. The van der Waals surface area contributed by atoms with E-state index in [0.29, 0.717) is 18.3 Å². The smallest absolute Gasteiger partial charge is 0.247 e. The van der Waals surface area contributed by atoms with E-state index >= 15 is 0 Å². The molecule has 7 heteroatoms. The minimum absolute atomic E-state index is 0.146. The van der Waals surface area contributed by atoms with Crippen molar-refractivity contribution in [1.29, 1.82) is 0 Å². The lowest BCUT2D eigenvalue weighted by Gasteiger charge is -2.38. The van der Waals surface area contributed by atoms with E-state index in [0.717, 1.165) is 41.5 Å². The Morgan fingerprint density at radius 3 is 2.64 bits per heavy atom. The highest BCUT2D eigenvalue weighted by Crippen LogP contribution is 2.26. The highest BCUT2D eigenvalue weighted by atomic mass is 35.5. The van der Waals surface area contributed by atoms with Crippen molar-refractivity contribution in [2.75, 3.05) is 27.2 Å². The maximum Gasteiger partial charge on any atom is 0.247 e. The Morgan fingerprint density at radius 2 is 1.93 bits per heavy atom. The fraction of sp³-hybridized carbons (Fsp3) is 0.333. The Kier molecular flexibility index (Phi) is 5.62. The van der Waals surface area contributed by atoms with Gasteiger partial charge in [0, 0.05) is 30.2 Å². The first kappa shape index (κ1) is 18.9. The van der Waals surface area contributed by atoms with E-state index in [-0.39, 0.29) is 6.10 Å². The van der Waals surface area contributed by atoms with Crippen molar-refractivity contribution in [3.63, 3.8) is 0 Å². The average Bonchev–Trinajstić information content (AvgIpc) is 3.11. The van der Waals surface area contributed by atoms with Crippen LogP contribution in [0.5, 0.6) is 5.75 Å². The van der Waals surface area contributed by atoms with Crippen molar-refractivity contribution >= 4 is 11.6 Å². The monoisotopic (exact) mass is 398 g/mol. The van der Waals surface area contributed by atoms with Crippen LogP contribution in [0.15, 0.2) is 52.9 Å². The number of aromatic nitrogens is 2. The summed E-state index contributed by atoms with van der Waals surface area (Å²) in [7, 11) is 4.05. The van der Waals surface area contributed by atoms with Gasteiger partial charge in [-0.05, 0) is 43.9 Å². The molecule has 28 heavy (non-hydrogen) atoms. The molecule has 1 aliphatic rings. The molecule has 0 atom stereocenters. The van der Waals surface area contributed by atoms with Crippen molar-refractivity contribution in [3.8, 4) is 17.2 Å². The number of halogens is 1. The molecule has 3 aromatic rings. The molecule has 1 aromatic heterocycles. The summed E-state index contributed by atoms with van der Waals surface area (Å²) >= 11 is 6.36. The van der Waals surface area contributed by atoms with E-state index in [1.165, 1.54) is 0 Å². The number of hydrogen-bond acceptors (Lipinski definition) is 6. The second kappa shape index (κ2) is 8.31. The summed E-state index contributed by atoms with van der Waals surface area (Å²) in [5, 5.41) is 9.02. The highest BCUT2D eigenvalue weighted by Gasteiger charge is 2.30. The van der Waals surface area contributed by atoms with E-state index in [1.54, 1.807) is 0 Å². The SMILES string of the molecule is CN(C)Cc1ccc(OC2CN(Cc3nnc(-c4ccccc4)o3)C2)cc1Cl. The highest BCUT2D eigenvalue weighted by molar-refractivity contribution is 6.31. The maximum absolute atomic E-state index is 6.36. The summed E-state index contributed by atoms with van der Waals surface area (Å²) in [5.74, 6) is 1.98.